The van der Waals surface area contributed by atoms with Crippen LogP contribution in [-0.4, -0.2) is 35.0 Å². The lowest BCUT2D eigenvalue weighted by atomic mass is 10.2. The van der Waals surface area contributed by atoms with Crippen molar-refractivity contribution in [3.8, 4) is 0 Å². The summed E-state index contributed by atoms with van der Waals surface area (Å²) in [5.74, 6) is 0.144. The van der Waals surface area contributed by atoms with Gasteiger partial charge in [0.05, 0.1) is 19.0 Å². The van der Waals surface area contributed by atoms with E-state index in [4.69, 9.17) is 4.74 Å². The molecule has 0 aliphatic heterocycles. The number of H-pyrrole nitrogens is 1. The lowest BCUT2D eigenvalue weighted by Gasteiger charge is -2.23. The molecule has 0 fully saturated rings. The van der Waals surface area contributed by atoms with Crippen LogP contribution in [-0.2, 0) is 11.3 Å². The van der Waals surface area contributed by atoms with Gasteiger partial charge in [-0.15, -0.1) is 22.7 Å². The fourth-order valence-corrected chi connectivity index (χ4v) is 4.64. The summed E-state index contributed by atoms with van der Waals surface area (Å²) in [4.78, 5) is 36.1. The second-order valence-corrected chi connectivity index (χ2v) is 7.83. The molecule has 0 saturated heterocycles. The Morgan fingerprint density at radius 1 is 1.48 bits per heavy atom. The number of ether oxygens (including phenoxy) is 1. The Morgan fingerprint density at radius 2 is 2.24 bits per heavy atom. The minimum atomic E-state index is -0.440. The molecule has 0 radical (unpaired) electrons. The van der Waals surface area contributed by atoms with E-state index in [2.05, 4.69) is 33.2 Å². The first-order valence-corrected chi connectivity index (χ1v) is 9.46. The van der Waals surface area contributed by atoms with E-state index in [-0.39, 0.29) is 11.6 Å². The smallest absolute Gasteiger partial charge is 0.348 e. The van der Waals surface area contributed by atoms with E-state index in [0.717, 1.165) is 0 Å². The van der Waals surface area contributed by atoms with Crippen molar-refractivity contribution in [3.63, 3.8) is 0 Å². The Kier molecular flexibility index (Phi) is 5.03. The van der Waals surface area contributed by atoms with E-state index in [0.29, 0.717) is 33.0 Å². The molecule has 25 heavy (non-hydrogen) atoms. The number of fused-ring (bicyclic) bond motifs is 1. The normalized spacial score (nSPS) is 12.7. The molecule has 0 aliphatic rings. The molecule has 3 heterocycles. The molecular formula is C17H19N3O3S2. The van der Waals surface area contributed by atoms with Crippen LogP contribution in [0.15, 0.2) is 22.3 Å². The van der Waals surface area contributed by atoms with Gasteiger partial charge in [-0.05, 0) is 37.9 Å². The highest BCUT2D eigenvalue weighted by atomic mass is 32.1. The SMILES string of the molecule is COC(=O)c1sc2nc(CN(C)C(C)c3cccs3)[nH]c(=O)c2c1C. The van der Waals surface area contributed by atoms with Gasteiger partial charge in [0.25, 0.3) is 5.56 Å². The fraction of sp³-hybridized carbons (Fsp3) is 0.353. The highest BCUT2D eigenvalue weighted by Gasteiger charge is 2.20. The van der Waals surface area contributed by atoms with Gasteiger partial charge in [-0.25, -0.2) is 9.78 Å². The molecule has 0 bridgehead atoms. The second-order valence-electron chi connectivity index (χ2n) is 5.85. The van der Waals surface area contributed by atoms with Gasteiger partial charge in [-0.1, -0.05) is 6.07 Å². The average molecular weight is 377 g/mol. The molecule has 0 aliphatic carbocycles. The van der Waals surface area contributed by atoms with Crippen molar-refractivity contribution in [2.45, 2.75) is 26.4 Å². The second kappa shape index (κ2) is 7.07. The minimum absolute atomic E-state index is 0.219. The predicted molar refractivity (Wildman–Crippen MR) is 101 cm³/mol. The number of hydrogen-bond donors (Lipinski definition) is 1. The largest absolute Gasteiger partial charge is 0.465 e. The van der Waals surface area contributed by atoms with Crippen molar-refractivity contribution in [2.24, 2.45) is 0 Å². The zero-order valence-corrected chi connectivity index (χ0v) is 16.1. The van der Waals surface area contributed by atoms with Crippen molar-refractivity contribution >= 4 is 38.9 Å². The van der Waals surface area contributed by atoms with Crippen LogP contribution in [0.5, 0.6) is 0 Å². The van der Waals surface area contributed by atoms with Crippen LogP contribution >= 0.6 is 22.7 Å². The summed E-state index contributed by atoms with van der Waals surface area (Å²) in [5.41, 5.74) is 0.397. The third kappa shape index (κ3) is 3.37. The number of aryl methyl sites for hydroxylation is 1. The van der Waals surface area contributed by atoms with E-state index in [1.54, 1.807) is 18.3 Å². The number of carbonyl (C=O) groups is 1. The van der Waals surface area contributed by atoms with Crippen LogP contribution < -0.4 is 5.56 Å². The van der Waals surface area contributed by atoms with Gasteiger partial charge in [0.2, 0.25) is 0 Å². The van der Waals surface area contributed by atoms with Crippen molar-refractivity contribution in [1.82, 2.24) is 14.9 Å². The molecule has 8 heteroatoms. The third-order valence-corrected chi connectivity index (χ3v) is 6.44. The van der Waals surface area contributed by atoms with Crippen molar-refractivity contribution in [1.29, 1.82) is 0 Å². The summed E-state index contributed by atoms with van der Waals surface area (Å²) in [7, 11) is 3.32. The zero-order valence-electron chi connectivity index (χ0n) is 14.5. The monoisotopic (exact) mass is 377 g/mol. The van der Waals surface area contributed by atoms with Gasteiger partial charge >= 0.3 is 5.97 Å². The molecule has 0 spiro atoms. The minimum Gasteiger partial charge on any atom is -0.465 e. The number of thiophene rings is 2. The summed E-state index contributed by atoms with van der Waals surface area (Å²) in [6.07, 6.45) is 0. The molecule has 132 valence electrons. The van der Waals surface area contributed by atoms with Crippen LogP contribution in [0.4, 0.5) is 0 Å². The molecule has 6 nitrogen and oxygen atoms in total. The standard InChI is InChI=1S/C17H19N3O3S2/c1-9-13-15(21)18-12(19-16(13)25-14(9)17(22)23-4)8-20(3)10(2)11-6-5-7-24-11/h5-7,10H,8H2,1-4H3,(H,18,19,21). The molecule has 1 N–H and O–H groups in total. The number of carbonyl (C=O) groups excluding carboxylic acids is 1. The van der Waals surface area contributed by atoms with Gasteiger partial charge in [-0.3, -0.25) is 9.69 Å². The third-order valence-electron chi connectivity index (χ3n) is 4.24. The molecule has 3 aromatic heterocycles. The van der Waals surface area contributed by atoms with Gasteiger partial charge in [0, 0.05) is 10.9 Å². The fourth-order valence-electron chi connectivity index (χ4n) is 2.67. The highest BCUT2D eigenvalue weighted by Crippen LogP contribution is 2.28. The quantitative estimate of drug-likeness (QED) is 0.690. The number of aromatic amines is 1. The molecule has 0 saturated carbocycles. The molecule has 0 amide bonds. The van der Waals surface area contributed by atoms with E-state index >= 15 is 0 Å². The lowest BCUT2D eigenvalue weighted by Crippen LogP contribution is -2.24. The van der Waals surface area contributed by atoms with Crippen LogP contribution in [0, 0.1) is 6.92 Å². The van der Waals surface area contributed by atoms with Gasteiger partial charge in [0.1, 0.15) is 15.5 Å². The van der Waals surface area contributed by atoms with Crippen molar-refractivity contribution < 1.29 is 9.53 Å². The Bertz CT molecular complexity index is 960. The first-order valence-electron chi connectivity index (χ1n) is 7.76. The Hall–Kier alpha value is -2.03. The molecule has 1 atom stereocenters. The van der Waals surface area contributed by atoms with Gasteiger partial charge in [0.15, 0.2) is 0 Å². The number of methoxy groups -OCH3 is 1. The van der Waals surface area contributed by atoms with Gasteiger partial charge < -0.3 is 9.72 Å². The molecular weight excluding hydrogens is 358 g/mol. The Balaban J connectivity index is 1.93. The van der Waals surface area contributed by atoms with Gasteiger partial charge in [-0.2, -0.15) is 0 Å². The summed E-state index contributed by atoms with van der Waals surface area (Å²) in [6, 6.07) is 4.34. The predicted octanol–water partition coefficient (Wildman–Crippen LogP) is 3.33. The molecule has 1 unspecified atom stereocenters. The summed E-state index contributed by atoms with van der Waals surface area (Å²) < 4.78 is 4.78. The molecule has 3 aromatic rings. The lowest BCUT2D eigenvalue weighted by molar-refractivity contribution is 0.0605. The number of rotatable bonds is 5. The van der Waals surface area contributed by atoms with E-state index < -0.39 is 5.97 Å². The number of hydrogen-bond acceptors (Lipinski definition) is 7. The Morgan fingerprint density at radius 3 is 2.88 bits per heavy atom. The molecule has 0 aromatic carbocycles. The van der Waals surface area contributed by atoms with Crippen LogP contribution in [0.2, 0.25) is 0 Å². The van der Waals surface area contributed by atoms with Crippen LogP contribution in [0.25, 0.3) is 10.2 Å². The topological polar surface area (TPSA) is 75.3 Å². The summed E-state index contributed by atoms with van der Waals surface area (Å²) >= 11 is 2.90. The van der Waals surface area contributed by atoms with E-state index in [1.165, 1.54) is 23.3 Å². The zero-order chi connectivity index (χ0) is 18.1. The number of esters is 1. The molecule has 3 rings (SSSR count). The Labute approximate surface area is 153 Å². The van der Waals surface area contributed by atoms with Crippen molar-refractivity contribution in [3.05, 3.63) is 49.0 Å². The maximum absolute atomic E-state index is 12.5. The summed E-state index contributed by atoms with van der Waals surface area (Å²) in [5, 5.41) is 2.51. The highest BCUT2D eigenvalue weighted by molar-refractivity contribution is 7.20. The maximum atomic E-state index is 12.5. The van der Waals surface area contributed by atoms with Crippen LogP contribution in [0.3, 0.4) is 0 Å². The summed E-state index contributed by atoms with van der Waals surface area (Å²) in [6.45, 7) is 4.37. The van der Waals surface area contributed by atoms with Crippen molar-refractivity contribution in [2.75, 3.05) is 14.2 Å². The van der Waals surface area contributed by atoms with E-state index in [9.17, 15) is 9.59 Å². The number of nitrogens with one attached hydrogen (secondary N) is 1. The number of aromatic nitrogens is 2. The number of nitrogens with zero attached hydrogens (tertiary/aromatic N) is 2. The first-order chi connectivity index (χ1) is 11.9. The maximum Gasteiger partial charge on any atom is 0.348 e. The van der Waals surface area contributed by atoms with Crippen LogP contribution in [0.1, 0.15) is 38.9 Å². The van der Waals surface area contributed by atoms with E-state index in [1.807, 2.05) is 13.1 Å². The average Bonchev–Trinajstić information content (AvgIpc) is 3.21. The first kappa shape index (κ1) is 17.8.